The van der Waals surface area contributed by atoms with Crippen molar-refractivity contribution in [1.29, 1.82) is 5.26 Å². The molecule has 19 heavy (non-hydrogen) atoms. The first-order valence-corrected chi connectivity index (χ1v) is 7.67. The monoisotopic (exact) mass is 333 g/mol. The molecule has 0 bridgehead atoms. The molecule has 0 aliphatic rings. The van der Waals surface area contributed by atoms with Crippen molar-refractivity contribution < 1.29 is 0 Å². The molecule has 0 N–H and O–H groups in total. The van der Waals surface area contributed by atoms with Gasteiger partial charge in [0.25, 0.3) is 0 Å². The zero-order chi connectivity index (χ0) is 13.2. The van der Waals surface area contributed by atoms with Crippen LogP contribution in [0.2, 0.25) is 5.02 Å². The van der Waals surface area contributed by atoms with Gasteiger partial charge in [-0.3, -0.25) is 0 Å². The summed E-state index contributed by atoms with van der Waals surface area (Å²) in [4.78, 5) is 6.86. The Labute approximate surface area is 121 Å². The van der Waals surface area contributed by atoms with Crippen LogP contribution in [0.1, 0.15) is 0 Å². The second-order valence-electron chi connectivity index (χ2n) is 3.90. The summed E-state index contributed by atoms with van der Waals surface area (Å²) in [5, 5.41) is 9.68. The summed E-state index contributed by atoms with van der Waals surface area (Å²) in [7, 11) is 0. The van der Waals surface area contributed by atoms with Gasteiger partial charge in [-0.15, -0.1) is 0 Å². The van der Waals surface area contributed by atoms with E-state index in [1.807, 2.05) is 53.1 Å². The molecule has 0 aliphatic carbocycles. The van der Waals surface area contributed by atoms with Gasteiger partial charge in [-0.25, -0.2) is 0 Å². The molecule has 3 aromatic rings. The summed E-state index contributed by atoms with van der Waals surface area (Å²) in [5.41, 5.74) is 2.70. The SMILES string of the molecule is N#C[Se]c1c(-c2ccccc2)nc2ccc(Cl)cn12. The van der Waals surface area contributed by atoms with E-state index in [1.54, 1.807) is 0 Å². The third-order valence-corrected chi connectivity index (χ3v) is 4.37. The van der Waals surface area contributed by atoms with Crippen LogP contribution >= 0.6 is 11.6 Å². The summed E-state index contributed by atoms with van der Waals surface area (Å²) >= 11 is 5.73. The summed E-state index contributed by atoms with van der Waals surface area (Å²) in [6, 6.07) is 13.6. The minimum absolute atomic E-state index is 0.296. The number of aromatic nitrogens is 2. The van der Waals surface area contributed by atoms with Gasteiger partial charge in [0.1, 0.15) is 0 Å². The molecule has 0 unspecified atom stereocenters. The van der Waals surface area contributed by atoms with Gasteiger partial charge < -0.3 is 0 Å². The van der Waals surface area contributed by atoms with Gasteiger partial charge in [-0.1, -0.05) is 0 Å². The van der Waals surface area contributed by atoms with Gasteiger partial charge in [0, 0.05) is 0 Å². The second kappa shape index (κ2) is 5.06. The fourth-order valence-electron chi connectivity index (χ4n) is 1.92. The molecule has 0 saturated heterocycles. The predicted octanol–water partition coefficient (Wildman–Crippen LogP) is 2.47. The number of nitrogens with zero attached hydrogens (tertiary/aromatic N) is 3. The van der Waals surface area contributed by atoms with Crippen molar-refractivity contribution in [2.75, 3.05) is 0 Å². The number of pyridine rings is 1. The summed E-state index contributed by atoms with van der Waals surface area (Å²) in [6.45, 7) is 0. The van der Waals surface area contributed by atoms with E-state index in [2.05, 4.69) is 9.95 Å². The van der Waals surface area contributed by atoms with E-state index in [0.717, 1.165) is 21.5 Å². The minimum atomic E-state index is -0.296. The zero-order valence-corrected chi connectivity index (χ0v) is 12.2. The van der Waals surface area contributed by atoms with Gasteiger partial charge in [0.2, 0.25) is 0 Å². The Hall–Kier alpha value is -1.79. The summed E-state index contributed by atoms with van der Waals surface area (Å²) in [6.07, 6.45) is 1.81. The Morgan fingerprint density at radius 2 is 1.95 bits per heavy atom. The predicted molar refractivity (Wildman–Crippen MR) is 76.6 cm³/mol. The van der Waals surface area contributed by atoms with Crippen molar-refractivity contribution in [3.63, 3.8) is 0 Å². The first kappa shape index (κ1) is 12.3. The molecular weight excluding hydrogens is 325 g/mol. The quantitative estimate of drug-likeness (QED) is 0.676. The first-order valence-electron chi connectivity index (χ1n) is 5.58. The molecule has 2 heterocycles. The van der Waals surface area contributed by atoms with Crippen molar-refractivity contribution in [1.82, 2.24) is 9.38 Å². The van der Waals surface area contributed by atoms with Crippen molar-refractivity contribution in [2.45, 2.75) is 0 Å². The number of fused-ring (bicyclic) bond motifs is 1. The third kappa shape index (κ3) is 2.24. The molecule has 1 aromatic carbocycles. The maximum absolute atomic E-state index is 9.04. The van der Waals surface area contributed by atoms with Crippen LogP contribution in [-0.4, -0.2) is 24.3 Å². The maximum atomic E-state index is 9.04. The summed E-state index contributed by atoms with van der Waals surface area (Å²) < 4.78 is 2.84. The summed E-state index contributed by atoms with van der Waals surface area (Å²) in [5.74, 6) is 0. The van der Waals surface area contributed by atoms with E-state index in [1.165, 1.54) is 0 Å². The fraction of sp³-hybridized carbons (Fsp3) is 0. The Balaban J connectivity index is 2.30. The molecule has 2 aromatic heterocycles. The second-order valence-corrected chi connectivity index (χ2v) is 5.96. The van der Waals surface area contributed by atoms with E-state index in [9.17, 15) is 0 Å². The number of rotatable bonds is 2. The van der Waals surface area contributed by atoms with Crippen molar-refractivity contribution in [2.24, 2.45) is 0 Å². The van der Waals surface area contributed by atoms with E-state index >= 15 is 0 Å². The molecule has 92 valence electrons. The van der Waals surface area contributed by atoms with E-state index in [0.29, 0.717) is 5.02 Å². The molecule has 0 atom stereocenters. The van der Waals surface area contributed by atoms with Crippen molar-refractivity contribution in [3.8, 4) is 16.2 Å². The molecule has 3 rings (SSSR count). The van der Waals surface area contributed by atoms with Crippen LogP contribution in [-0.2, 0) is 0 Å². The van der Waals surface area contributed by atoms with Gasteiger partial charge in [0.15, 0.2) is 0 Å². The van der Waals surface area contributed by atoms with Crippen molar-refractivity contribution in [3.05, 3.63) is 53.7 Å². The van der Waals surface area contributed by atoms with Crippen LogP contribution in [0.4, 0.5) is 0 Å². The molecule has 0 radical (unpaired) electrons. The van der Waals surface area contributed by atoms with Gasteiger partial charge in [0.05, 0.1) is 0 Å². The topological polar surface area (TPSA) is 41.1 Å². The molecule has 3 nitrogen and oxygen atoms in total. The average Bonchev–Trinajstić information content (AvgIpc) is 2.79. The normalized spacial score (nSPS) is 10.5. The Bertz CT molecular complexity index is 774. The van der Waals surface area contributed by atoms with Gasteiger partial charge in [-0.2, -0.15) is 0 Å². The number of benzene rings is 1. The van der Waals surface area contributed by atoms with E-state index in [4.69, 9.17) is 16.9 Å². The Kier molecular flexibility index (Phi) is 3.27. The first-order chi connectivity index (χ1) is 9.29. The molecule has 0 amide bonds. The molecule has 5 heteroatoms. The number of hydrogen-bond acceptors (Lipinski definition) is 2. The van der Waals surface area contributed by atoms with Crippen LogP contribution in [0.5, 0.6) is 0 Å². The van der Waals surface area contributed by atoms with Crippen LogP contribution in [0.3, 0.4) is 0 Å². The van der Waals surface area contributed by atoms with Crippen LogP contribution < -0.4 is 4.59 Å². The number of nitriles is 1. The Morgan fingerprint density at radius 3 is 2.68 bits per heavy atom. The molecule has 0 spiro atoms. The number of hydrogen-bond donors (Lipinski definition) is 0. The number of imidazole rings is 1. The van der Waals surface area contributed by atoms with Crippen molar-refractivity contribution >= 4 is 36.8 Å². The average molecular weight is 333 g/mol. The van der Waals surface area contributed by atoms with E-state index < -0.39 is 0 Å². The molecule has 0 saturated carbocycles. The van der Waals surface area contributed by atoms with E-state index in [-0.39, 0.29) is 15.0 Å². The van der Waals surface area contributed by atoms with Gasteiger partial charge >= 0.3 is 121 Å². The van der Waals surface area contributed by atoms with Crippen LogP contribution in [0, 0.1) is 10.2 Å². The number of halogens is 1. The Morgan fingerprint density at radius 1 is 1.16 bits per heavy atom. The molecular formula is C14H8ClN3Se. The molecule has 0 fully saturated rings. The standard InChI is InChI=1S/C14H8ClN3Se/c15-11-6-7-12-17-13(10-4-2-1-3-5-10)14(19-9-16)18(12)8-11/h1-8H. The van der Waals surface area contributed by atoms with Gasteiger partial charge in [-0.05, 0) is 0 Å². The molecule has 0 aliphatic heterocycles. The van der Waals surface area contributed by atoms with Crippen LogP contribution in [0.25, 0.3) is 16.9 Å². The van der Waals surface area contributed by atoms with Crippen LogP contribution in [0.15, 0.2) is 48.7 Å². The zero-order valence-electron chi connectivity index (χ0n) is 9.75. The fourth-order valence-corrected chi connectivity index (χ4v) is 3.32. The third-order valence-electron chi connectivity index (χ3n) is 2.73.